The molecule has 0 unspecified atom stereocenters. The molecule has 0 aliphatic heterocycles. The Labute approximate surface area is 132 Å². The molecule has 0 saturated carbocycles. The number of hydrogen-bond acceptors (Lipinski definition) is 3. The molecule has 0 bridgehead atoms. The molecule has 3 nitrogen and oxygen atoms in total. The lowest BCUT2D eigenvalue weighted by molar-refractivity contribution is 0.280. The molecule has 0 aliphatic carbocycles. The van der Waals surface area contributed by atoms with Gasteiger partial charge in [0.25, 0.3) is 0 Å². The molecule has 0 heterocycles. The van der Waals surface area contributed by atoms with Crippen LogP contribution in [0.15, 0.2) is 40.9 Å². The summed E-state index contributed by atoms with van der Waals surface area (Å²) < 4.78 is 25.1. The second-order valence-electron chi connectivity index (χ2n) is 4.49. The van der Waals surface area contributed by atoms with Crippen molar-refractivity contribution in [2.24, 2.45) is 5.73 Å². The van der Waals surface area contributed by atoms with Crippen LogP contribution < -0.4 is 15.2 Å². The summed E-state index contributed by atoms with van der Waals surface area (Å²) in [6.07, 6.45) is 0.691. The number of ether oxygens (including phenoxy) is 2. The van der Waals surface area contributed by atoms with E-state index >= 15 is 0 Å². The molecule has 5 heteroatoms. The van der Waals surface area contributed by atoms with Crippen LogP contribution in [0.4, 0.5) is 4.39 Å². The van der Waals surface area contributed by atoms with Crippen LogP contribution in [0.5, 0.6) is 11.5 Å². The fraction of sp³-hybridized carbons (Fsp3) is 0.250. The first-order chi connectivity index (χ1) is 10.2. The topological polar surface area (TPSA) is 44.5 Å². The van der Waals surface area contributed by atoms with Gasteiger partial charge in [0.1, 0.15) is 12.4 Å². The first-order valence-electron chi connectivity index (χ1n) is 6.59. The zero-order chi connectivity index (χ0) is 15.2. The number of hydrogen-bond donors (Lipinski definition) is 1. The molecule has 0 fully saturated rings. The molecule has 0 atom stereocenters. The maximum atomic E-state index is 13.5. The monoisotopic (exact) mass is 353 g/mol. The lowest BCUT2D eigenvalue weighted by atomic mass is 10.1. The predicted octanol–water partition coefficient (Wildman–Crippen LogP) is 3.68. The lowest BCUT2D eigenvalue weighted by Gasteiger charge is -2.15. The lowest BCUT2D eigenvalue weighted by Crippen LogP contribution is -2.07. The van der Waals surface area contributed by atoms with Crippen LogP contribution in [0.25, 0.3) is 0 Å². The Hall–Kier alpha value is -1.59. The summed E-state index contributed by atoms with van der Waals surface area (Å²) in [4.78, 5) is 0. The zero-order valence-corrected chi connectivity index (χ0v) is 13.3. The van der Waals surface area contributed by atoms with Crippen LogP contribution in [0.1, 0.15) is 11.1 Å². The van der Waals surface area contributed by atoms with Crippen LogP contribution in [0.2, 0.25) is 0 Å². The molecule has 2 rings (SSSR count). The van der Waals surface area contributed by atoms with Crippen molar-refractivity contribution in [3.05, 3.63) is 57.8 Å². The summed E-state index contributed by atoms with van der Waals surface area (Å²) in [5, 5.41) is 0. The van der Waals surface area contributed by atoms with E-state index in [1.807, 2.05) is 24.3 Å². The molecule has 112 valence electrons. The van der Waals surface area contributed by atoms with Crippen molar-refractivity contribution in [1.29, 1.82) is 0 Å². The highest BCUT2D eigenvalue weighted by Gasteiger charge is 2.12. The quantitative estimate of drug-likeness (QED) is 0.861. The van der Waals surface area contributed by atoms with Gasteiger partial charge in [-0.15, -0.1) is 0 Å². The van der Waals surface area contributed by atoms with Gasteiger partial charge >= 0.3 is 0 Å². The molecule has 2 N–H and O–H groups in total. The molecule has 0 radical (unpaired) electrons. The molecule has 0 spiro atoms. The molecule has 21 heavy (non-hydrogen) atoms. The summed E-state index contributed by atoms with van der Waals surface area (Å²) in [6, 6.07) is 10.5. The molecule has 0 aromatic heterocycles. The molecule has 0 saturated heterocycles. The fourth-order valence-electron chi connectivity index (χ4n) is 2.05. The number of nitrogens with two attached hydrogens (primary N) is 1. The van der Waals surface area contributed by atoms with E-state index in [4.69, 9.17) is 15.2 Å². The Morgan fingerprint density at radius 3 is 2.57 bits per heavy atom. The Kier molecular flexibility index (Phi) is 5.59. The molecule has 0 aliphatic rings. The SMILES string of the molecule is COc1cccc(CCN)c1OCc1cccc(F)c1Br. The Bertz CT molecular complexity index is 619. The number of halogens is 2. The summed E-state index contributed by atoms with van der Waals surface area (Å²) in [6.45, 7) is 0.767. The molecule has 0 amide bonds. The van der Waals surface area contributed by atoms with Crippen molar-refractivity contribution in [1.82, 2.24) is 0 Å². The number of benzene rings is 2. The van der Waals surface area contributed by atoms with Gasteiger partial charge in [0, 0.05) is 5.56 Å². The van der Waals surface area contributed by atoms with Gasteiger partial charge in [0.05, 0.1) is 11.6 Å². The third kappa shape index (κ3) is 3.74. The molecular formula is C16H17BrFNO2. The third-order valence-electron chi connectivity index (χ3n) is 3.10. The van der Waals surface area contributed by atoms with Crippen LogP contribution in [0, 0.1) is 5.82 Å². The number of para-hydroxylation sites is 1. The third-order valence-corrected chi connectivity index (χ3v) is 3.99. The van der Waals surface area contributed by atoms with E-state index in [-0.39, 0.29) is 12.4 Å². The summed E-state index contributed by atoms with van der Waals surface area (Å²) in [5.41, 5.74) is 7.33. The maximum absolute atomic E-state index is 13.5. The molecular weight excluding hydrogens is 337 g/mol. The average molecular weight is 354 g/mol. The highest BCUT2D eigenvalue weighted by atomic mass is 79.9. The van der Waals surface area contributed by atoms with E-state index in [1.54, 1.807) is 13.2 Å². The predicted molar refractivity (Wildman–Crippen MR) is 84.2 cm³/mol. The second-order valence-corrected chi connectivity index (χ2v) is 5.28. The van der Waals surface area contributed by atoms with Crippen LogP contribution in [0.3, 0.4) is 0 Å². The van der Waals surface area contributed by atoms with Crippen molar-refractivity contribution in [2.75, 3.05) is 13.7 Å². The van der Waals surface area contributed by atoms with Gasteiger partial charge < -0.3 is 15.2 Å². The van der Waals surface area contributed by atoms with Gasteiger partial charge in [-0.2, -0.15) is 0 Å². The fourth-order valence-corrected chi connectivity index (χ4v) is 2.43. The van der Waals surface area contributed by atoms with Gasteiger partial charge in [-0.3, -0.25) is 0 Å². The van der Waals surface area contributed by atoms with E-state index in [9.17, 15) is 4.39 Å². The van der Waals surface area contributed by atoms with E-state index in [0.717, 1.165) is 11.1 Å². The van der Waals surface area contributed by atoms with Crippen molar-refractivity contribution in [3.63, 3.8) is 0 Å². The van der Waals surface area contributed by atoms with Gasteiger partial charge in [0.2, 0.25) is 0 Å². The van der Waals surface area contributed by atoms with E-state index in [1.165, 1.54) is 6.07 Å². The average Bonchev–Trinajstić information content (AvgIpc) is 2.49. The van der Waals surface area contributed by atoms with Crippen LogP contribution in [-0.4, -0.2) is 13.7 Å². The Morgan fingerprint density at radius 1 is 1.14 bits per heavy atom. The van der Waals surface area contributed by atoms with Gasteiger partial charge in [0.15, 0.2) is 11.5 Å². The van der Waals surface area contributed by atoms with Gasteiger partial charge in [-0.05, 0) is 46.6 Å². The minimum atomic E-state index is -0.307. The van der Waals surface area contributed by atoms with Crippen molar-refractivity contribution >= 4 is 15.9 Å². The first-order valence-corrected chi connectivity index (χ1v) is 7.38. The van der Waals surface area contributed by atoms with Crippen LogP contribution in [-0.2, 0) is 13.0 Å². The zero-order valence-electron chi connectivity index (χ0n) is 11.7. The van der Waals surface area contributed by atoms with Gasteiger partial charge in [-0.1, -0.05) is 24.3 Å². The standard InChI is InChI=1S/C16H17BrFNO2/c1-20-14-7-3-4-11(8-9-19)16(14)21-10-12-5-2-6-13(18)15(12)17/h2-7H,8-10,19H2,1H3. The van der Waals surface area contributed by atoms with E-state index in [2.05, 4.69) is 15.9 Å². The van der Waals surface area contributed by atoms with Crippen molar-refractivity contribution < 1.29 is 13.9 Å². The maximum Gasteiger partial charge on any atom is 0.164 e. The van der Waals surface area contributed by atoms with Crippen molar-refractivity contribution in [2.45, 2.75) is 13.0 Å². The van der Waals surface area contributed by atoms with Gasteiger partial charge in [-0.25, -0.2) is 4.39 Å². The summed E-state index contributed by atoms with van der Waals surface area (Å²) >= 11 is 3.23. The normalized spacial score (nSPS) is 10.5. The molecule has 2 aromatic carbocycles. The van der Waals surface area contributed by atoms with Crippen LogP contribution >= 0.6 is 15.9 Å². The Balaban J connectivity index is 2.24. The highest BCUT2D eigenvalue weighted by Crippen LogP contribution is 2.32. The summed E-state index contributed by atoms with van der Waals surface area (Å²) in [7, 11) is 1.59. The Morgan fingerprint density at radius 2 is 1.86 bits per heavy atom. The largest absolute Gasteiger partial charge is 0.493 e. The molecule has 2 aromatic rings. The highest BCUT2D eigenvalue weighted by molar-refractivity contribution is 9.10. The smallest absolute Gasteiger partial charge is 0.164 e. The minimum absolute atomic E-state index is 0.246. The van der Waals surface area contributed by atoms with Crippen molar-refractivity contribution in [3.8, 4) is 11.5 Å². The summed E-state index contributed by atoms with van der Waals surface area (Å²) in [5.74, 6) is 0.994. The number of rotatable bonds is 6. The first kappa shape index (κ1) is 15.8. The van der Waals surface area contributed by atoms with E-state index < -0.39 is 0 Å². The second kappa shape index (κ2) is 7.43. The number of methoxy groups -OCH3 is 1. The minimum Gasteiger partial charge on any atom is -0.493 e. The van der Waals surface area contributed by atoms with E-state index in [0.29, 0.717) is 28.9 Å².